The number of aromatic nitrogens is 2. The topological polar surface area (TPSA) is 80.9 Å². The average molecular weight is 377 g/mol. The summed E-state index contributed by atoms with van der Waals surface area (Å²) in [5.41, 5.74) is 8.19. The molecule has 5 nitrogen and oxygen atoms in total. The van der Waals surface area contributed by atoms with E-state index in [1.54, 1.807) is 23.7 Å². The number of nitrogens with two attached hydrogens (primary N) is 1. The van der Waals surface area contributed by atoms with Crippen LogP contribution in [0.4, 0.5) is 0 Å². The zero-order valence-corrected chi connectivity index (χ0v) is 16.0. The lowest BCUT2D eigenvalue weighted by atomic mass is 9.94. The van der Waals surface area contributed by atoms with Crippen LogP contribution >= 0.6 is 23.1 Å². The van der Waals surface area contributed by atoms with E-state index in [1.165, 1.54) is 0 Å². The molecular weight excluding hydrogens is 352 g/mol. The quantitative estimate of drug-likeness (QED) is 0.810. The van der Waals surface area contributed by atoms with E-state index in [1.807, 2.05) is 30.8 Å². The molecule has 0 unspecified atom stereocenters. The maximum Gasteiger partial charge on any atom is 0.237 e. The molecule has 0 saturated heterocycles. The number of thiazole rings is 1. The van der Waals surface area contributed by atoms with Crippen LogP contribution in [0.5, 0.6) is 0 Å². The monoisotopic (exact) mass is 376 g/mol. The molecule has 3 N–H and O–H groups in total. The second-order valence-corrected chi connectivity index (χ2v) is 8.93. The number of thioether (sulfide) groups is 1. The van der Waals surface area contributed by atoms with Gasteiger partial charge in [0.1, 0.15) is 4.34 Å². The van der Waals surface area contributed by atoms with Crippen molar-refractivity contribution in [2.24, 2.45) is 5.73 Å². The number of carbonyl (C=O) groups excluding carboxylic acids is 1. The molecule has 2 aromatic rings. The Labute approximate surface area is 156 Å². The Morgan fingerprint density at radius 3 is 2.72 bits per heavy atom. The Kier molecular flexibility index (Phi) is 6.45. The minimum absolute atomic E-state index is 0.0523. The van der Waals surface area contributed by atoms with Crippen LogP contribution in [0, 0.1) is 6.92 Å². The summed E-state index contributed by atoms with van der Waals surface area (Å²) in [5, 5.41) is 5.82. The van der Waals surface area contributed by atoms with Crippen molar-refractivity contribution in [2.75, 3.05) is 0 Å². The zero-order valence-electron chi connectivity index (χ0n) is 14.4. The van der Waals surface area contributed by atoms with Crippen LogP contribution in [0.2, 0.25) is 0 Å². The number of nitrogens with one attached hydrogen (secondary N) is 1. The van der Waals surface area contributed by atoms with Gasteiger partial charge in [-0.05, 0) is 56.7 Å². The van der Waals surface area contributed by atoms with Gasteiger partial charge in [0.15, 0.2) is 0 Å². The number of rotatable bonds is 6. The largest absolute Gasteiger partial charge is 0.352 e. The third kappa shape index (κ3) is 5.52. The molecule has 7 heteroatoms. The van der Waals surface area contributed by atoms with Crippen LogP contribution in [0.1, 0.15) is 36.9 Å². The van der Waals surface area contributed by atoms with E-state index in [0.29, 0.717) is 11.7 Å². The highest BCUT2D eigenvalue weighted by Gasteiger charge is 2.25. The first-order valence-corrected chi connectivity index (χ1v) is 10.4. The van der Waals surface area contributed by atoms with Crippen molar-refractivity contribution in [2.45, 2.75) is 60.7 Å². The predicted molar refractivity (Wildman–Crippen MR) is 103 cm³/mol. The Bertz CT molecular complexity index is 683. The molecule has 1 atom stereocenters. The lowest BCUT2D eigenvalue weighted by Crippen LogP contribution is -2.47. The molecule has 1 saturated carbocycles. The summed E-state index contributed by atoms with van der Waals surface area (Å²) >= 11 is 3.60. The van der Waals surface area contributed by atoms with Crippen LogP contribution < -0.4 is 11.1 Å². The van der Waals surface area contributed by atoms with Crippen molar-refractivity contribution in [1.82, 2.24) is 15.3 Å². The molecular formula is C18H24N4OS2. The van der Waals surface area contributed by atoms with E-state index < -0.39 is 6.04 Å². The molecule has 0 aliphatic heterocycles. The van der Waals surface area contributed by atoms with Crippen molar-refractivity contribution in [3.8, 4) is 0 Å². The maximum atomic E-state index is 12.3. The SMILES string of the molecule is Cc1csc(SC2CCC(NC(=O)[C@@H](N)Cc3ccncc3)CC2)n1. The number of hydrogen-bond donors (Lipinski definition) is 2. The van der Waals surface area contributed by atoms with Crippen molar-refractivity contribution in [3.05, 3.63) is 41.2 Å². The predicted octanol–water partition coefficient (Wildman–Crippen LogP) is 2.94. The molecule has 2 aromatic heterocycles. The highest BCUT2D eigenvalue weighted by molar-refractivity contribution is 8.01. The van der Waals surface area contributed by atoms with Gasteiger partial charge in [0, 0.05) is 34.8 Å². The fourth-order valence-corrected chi connectivity index (χ4v) is 5.31. The summed E-state index contributed by atoms with van der Waals surface area (Å²) in [7, 11) is 0. The lowest BCUT2D eigenvalue weighted by Gasteiger charge is -2.29. The van der Waals surface area contributed by atoms with E-state index in [9.17, 15) is 4.79 Å². The van der Waals surface area contributed by atoms with Gasteiger partial charge in [-0.25, -0.2) is 4.98 Å². The molecule has 1 amide bonds. The maximum absolute atomic E-state index is 12.3. The van der Waals surface area contributed by atoms with Crippen LogP contribution in [0.15, 0.2) is 34.2 Å². The Hall–Kier alpha value is -1.44. The normalized spacial score (nSPS) is 21.7. The summed E-state index contributed by atoms with van der Waals surface area (Å²) in [4.78, 5) is 20.8. The Balaban J connectivity index is 1.41. The zero-order chi connectivity index (χ0) is 17.6. The standard InChI is InChI=1S/C18H24N4OS2/c1-12-11-24-18(21-12)25-15-4-2-14(3-5-15)22-17(23)16(19)10-13-6-8-20-9-7-13/h6-9,11,14-16H,2-5,10,19H2,1H3,(H,22,23)/t14?,15?,16-/m0/s1. The fourth-order valence-electron chi connectivity index (χ4n) is 3.03. The van der Waals surface area contributed by atoms with E-state index >= 15 is 0 Å². The first-order valence-electron chi connectivity index (χ1n) is 8.64. The van der Waals surface area contributed by atoms with Gasteiger partial charge in [-0.3, -0.25) is 9.78 Å². The number of aryl methyl sites for hydroxylation is 1. The number of amides is 1. The summed E-state index contributed by atoms with van der Waals surface area (Å²) in [6.07, 6.45) is 8.22. The highest BCUT2D eigenvalue weighted by atomic mass is 32.2. The number of carbonyl (C=O) groups is 1. The average Bonchev–Trinajstić information content (AvgIpc) is 3.02. The highest BCUT2D eigenvalue weighted by Crippen LogP contribution is 2.35. The van der Waals surface area contributed by atoms with Crippen molar-refractivity contribution < 1.29 is 4.79 Å². The molecule has 2 heterocycles. The second kappa shape index (κ2) is 8.78. The van der Waals surface area contributed by atoms with Crippen LogP contribution in [-0.2, 0) is 11.2 Å². The third-order valence-electron chi connectivity index (χ3n) is 4.43. The Morgan fingerprint density at radius 1 is 1.36 bits per heavy atom. The van der Waals surface area contributed by atoms with Crippen molar-refractivity contribution in [3.63, 3.8) is 0 Å². The van der Waals surface area contributed by atoms with E-state index in [2.05, 4.69) is 20.7 Å². The molecule has 0 bridgehead atoms. The Morgan fingerprint density at radius 2 is 2.08 bits per heavy atom. The van der Waals surface area contributed by atoms with Gasteiger partial charge in [0.25, 0.3) is 0 Å². The first kappa shape index (κ1) is 18.4. The summed E-state index contributed by atoms with van der Waals surface area (Å²) < 4.78 is 1.16. The van der Waals surface area contributed by atoms with E-state index in [-0.39, 0.29) is 11.9 Å². The number of nitrogens with zero attached hydrogens (tertiary/aromatic N) is 2. The van der Waals surface area contributed by atoms with Crippen LogP contribution in [-0.4, -0.2) is 33.2 Å². The van der Waals surface area contributed by atoms with Crippen molar-refractivity contribution in [1.29, 1.82) is 0 Å². The summed E-state index contributed by atoms with van der Waals surface area (Å²) in [5.74, 6) is -0.0523. The fraction of sp³-hybridized carbons (Fsp3) is 0.500. The molecule has 1 fully saturated rings. The molecule has 1 aliphatic rings. The van der Waals surface area contributed by atoms with Gasteiger partial charge in [-0.1, -0.05) is 11.8 Å². The van der Waals surface area contributed by atoms with Gasteiger partial charge in [-0.15, -0.1) is 11.3 Å². The summed E-state index contributed by atoms with van der Waals surface area (Å²) in [6.45, 7) is 2.03. The minimum Gasteiger partial charge on any atom is -0.352 e. The number of pyridine rings is 1. The van der Waals surface area contributed by atoms with Gasteiger partial charge in [-0.2, -0.15) is 0 Å². The van der Waals surface area contributed by atoms with Crippen molar-refractivity contribution >= 4 is 29.0 Å². The molecule has 0 spiro atoms. The van der Waals surface area contributed by atoms with E-state index in [0.717, 1.165) is 41.3 Å². The van der Waals surface area contributed by atoms with Gasteiger partial charge < -0.3 is 11.1 Å². The van der Waals surface area contributed by atoms with Crippen LogP contribution in [0.3, 0.4) is 0 Å². The van der Waals surface area contributed by atoms with E-state index in [4.69, 9.17) is 5.73 Å². The lowest BCUT2D eigenvalue weighted by molar-refractivity contribution is -0.123. The number of hydrogen-bond acceptors (Lipinski definition) is 6. The molecule has 0 radical (unpaired) electrons. The second-order valence-electron chi connectivity index (χ2n) is 6.52. The molecule has 134 valence electrons. The van der Waals surface area contributed by atoms with Gasteiger partial charge >= 0.3 is 0 Å². The molecule has 1 aliphatic carbocycles. The molecule has 0 aromatic carbocycles. The first-order chi connectivity index (χ1) is 12.1. The molecule has 25 heavy (non-hydrogen) atoms. The minimum atomic E-state index is -0.507. The van der Waals surface area contributed by atoms with Gasteiger partial charge in [0.2, 0.25) is 5.91 Å². The summed E-state index contributed by atoms with van der Waals surface area (Å²) in [6, 6.07) is 3.53. The smallest absolute Gasteiger partial charge is 0.237 e. The third-order valence-corrected chi connectivity index (χ3v) is 6.85. The van der Waals surface area contributed by atoms with Gasteiger partial charge in [0.05, 0.1) is 6.04 Å². The van der Waals surface area contributed by atoms with Crippen LogP contribution in [0.25, 0.3) is 0 Å². The molecule has 3 rings (SSSR count).